The van der Waals surface area contributed by atoms with Gasteiger partial charge in [-0.2, -0.15) is 4.72 Å². The molecule has 186 valence electrons. The minimum atomic E-state index is -4.17. The minimum Gasteiger partial charge on any atom is -0.481 e. The molecule has 2 N–H and O–H groups in total. The van der Waals surface area contributed by atoms with Crippen molar-refractivity contribution in [1.82, 2.24) is 24.9 Å². The molecule has 3 aromatic rings. The number of aromatic nitrogens is 4. The molecule has 35 heavy (non-hydrogen) atoms. The summed E-state index contributed by atoms with van der Waals surface area (Å²) in [6, 6.07) is 9.59. The third-order valence-electron chi connectivity index (χ3n) is 5.23. The van der Waals surface area contributed by atoms with E-state index in [0.717, 1.165) is 10.2 Å². The van der Waals surface area contributed by atoms with Crippen LogP contribution in [0.1, 0.15) is 43.1 Å². The zero-order valence-corrected chi connectivity index (χ0v) is 21.2. The van der Waals surface area contributed by atoms with Crippen molar-refractivity contribution >= 4 is 45.0 Å². The van der Waals surface area contributed by atoms with Gasteiger partial charge in [-0.25, -0.2) is 13.1 Å². The number of nitrogens with one attached hydrogen (secondary N) is 1. The maximum Gasteiger partial charge on any atom is 0.305 e. The zero-order valence-electron chi connectivity index (χ0n) is 18.9. The second-order valence-corrected chi connectivity index (χ2v) is 10.6. The van der Waals surface area contributed by atoms with Gasteiger partial charge in [0, 0.05) is 16.5 Å². The van der Waals surface area contributed by atoms with Crippen molar-refractivity contribution in [2.45, 2.75) is 50.1 Å². The molecule has 0 amide bonds. The van der Waals surface area contributed by atoms with Crippen molar-refractivity contribution in [2.75, 3.05) is 0 Å². The number of carboxylic acid groups (broad SMARTS) is 1. The fourth-order valence-electron chi connectivity index (χ4n) is 3.27. The summed E-state index contributed by atoms with van der Waals surface area (Å²) >= 11 is 12.4. The number of rotatable bonds is 11. The van der Waals surface area contributed by atoms with Crippen LogP contribution in [0.25, 0.3) is 0 Å². The molecule has 10 nitrogen and oxygen atoms in total. The van der Waals surface area contributed by atoms with Gasteiger partial charge in [-0.1, -0.05) is 55.2 Å². The van der Waals surface area contributed by atoms with E-state index in [2.05, 4.69) is 20.2 Å². The molecule has 1 unspecified atom stereocenters. The number of benzene rings is 2. The molecule has 0 radical (unpaired) electrons. The predicted octanol–water partition coefficient (Wildman–Crippen LogP) is 3.09. The first kappa shape index (κ1) is 26.7. The molecular formula is C22H23Cl2N5O5S. The smallest absolute Gasteiger partial charge is 0.305 e. The minimum absolute atomic E-state index is 0.0819. The summed E-state index contributed by atoms with van der Waals surface area (Å²) in [6.07, 6.45) is -0.647. The molecule has 1 atom stereocenters. The standard InChI is InChI=1S/C22H23Cl2N5O5S/c1-13(2)14-6-8-15(9-7-14)35(33,34)26-19(11-22(31)32)20(30)12-29-21(25-27-28-29)10-16-17(23)4-3-5-18(16)24/h3-9,13,19,26H,10-12H2,1-2H3,(H,31,32). The average molecular weight is 540 g/mol. The SMILES string of the molecule is CC(C)c1ccc(S(=O)(=O)NC(CC(=O)O)C(=O)Cn2nnnc2Cc2c(Cl)cccc2Cl)cc1. The first-order chi connectivity index (χ1) is 16.5. The molecule has 0 saturated carbocycles. The summed E-state index contributed by atoms with van der Waals surface area (Å²) in [7, 11) is -4.17. The van der Waals surface area contributed by atoms with Crippen LogP contribution in [0.5, 0.6) is 0 Å². The number of carbonyl (C=O) groups is 2. The lowest BCUT2D eigenvalue weighted by molar-refractivity contribution is -0.139. The van der Waals surface area contributed by atoms with Gasteiger partial charge in [0.2, 0.25) is 10.0 Å². The highest BCUT2D eigenvalue weighted by molar-refractivity contribution is 7.89. The Labute approximate surface area is 212 Å². The van der Waals surface area contributed by atoms with Gasteiger partial charge < -0.3 is 5.11 Å². The second kappa shape index (κ2) is 11.3. The van der Waals surface area contributed by atoms with Crippen molar-refractivity contribution < 1.29 is 23.1 Å². The van der Waals surface area contributed by atoms with Crippen molar-refractivity contribution in [3.8, 4) is 0 Å². The van der Waals surface area contributed by atoms with E-state index in [1.54, 1.807) is 30.3 Å². The van der Waals surface area contributed by atoms with Crippen LogP contribution < -0.4 is 4.72 Å². The Morgan fingerprint density at radius 3 is 2.29 bits per heavy atom. The van der Waals surface area contributed by atoms with Crippen molar-refractivity contribution in [3.05, 3.63) is 69.5 Å². The molecule has 2 aromatic carbocycles. The third kappa shape index (κ3) is 6.85. The molecule has 0 bridgehead atoms. The van der Waals surface area contributed by atoms with Crippen molar-refractivity contribution in [3.63, 3.8) is 0 Å². The van der Waals surface area contributed by atoms with E-state index in [-0.39, 0.29) is 23.1 Å². The molecule has 0 aliphatic rings. The normalized spacial score (nSPS) is 12.6. The number of Topliss-reactive ketones (excluding diaryl/α,β-unsaturated/α-hetero) is 1. The Morgan fingerprint density at radius 2 is 1.71 bits per heavy atom. The Hall–Kier alpha value is -2.86. The lowest BCUT2D eigenvalue weighted by Gasteiger charge is -2.17. The highest BCUT2D eigenvalue weighted by Gasteiger charge is 2.29. The van der Waals surface area contributed by atoms with Gasteiger partial charge in [-0.3, -0.25) is 9.59 Å². The highest BCUT2D eigenvalue weighted by Crippen LogP contribution is 2.26. The van der Waals surface area contributed by atoms with E-state index in [1.165, 1.54) is 12.1 Å². The summed E-state index contributed by atoms with van der Waals surface area (Å²) in [5.41, 5.74) is 1.49. The molecule has 1 aromatic heterocycles. The molecule has 0 aliphatic heterocycles. The Morgan fingerprint density at radius 1 is 1.09 bits per heavy atom. The lowest BCUT2D eigenvalue weighted by atomic mass is 10.0. The molecule has 1 heterocycles. The topological polar surface area (TPSA) is 144 Å². The van der Waals surface area contributed by atoms with Gasteiger partial charge in [0.15, 0.2) is 11.6 Å². The number of aliphatic carboxylic acids is 1. The van der Waals surface area contributed by atoms with E-state index < -0.39 is 40.8 Å². The van der Waals surface area contributed by atoms with Crippen LogP contribution in [0.15, 0.2) is 47.4 Å². The second-order valence-electron chi connectivity index (χ2n) is 8.09. The number of carboxylic acids is 1. The summed E-state index contributed by atoms with van der Waals surface area (Å²) in [4.78, 5) is 24.3. The lowest BCUT2D eigenvalue weighted by Crippen LogP contribution is -2.43. The number of ketones is 1. The molecule has 0 aliphatic carbocycles. The number of halogens is 2. The van der Waals surface area contributed by atoms with Gasteiger partial charge in [0.1, 0.15) is 6.54 Å². The number of tetrazole rings is 1. The summed E-state index contributed by atoms with van der Waals surface area (Å²) in [5.74, 6) is -1.63. The fourth-order valence-corrected chi connectivity index (χ4v) is 5.02. The summed E-state index contributed by atoms with van der Waals surface area (Å²) in [5, 5.41) is 21.3. The number of nitrogens with zero attached hydrogens (tertiary/aromatic N) is 4. The molecular weight excluding hydrogens is 517 g/mol. The molecule has 0 spiro atoms. The Bertz CT molecular complexity index is 1310. The van der Waals surface area contributed by atoms with Gasteiger partial charge in [0.05, 0.1) is 17.4 Å². The average Bonchev–Trinajstić information content (AvgIpc) is 3.22. The van der Waals surface area contributed by atoms with E-state index in [0.29, 0.717) is 15.6 Å². The van der Waals surface area contributed by atoms with Crippen LogP contribution in [-0.4, -0.2) is 51.5 Å². The Kier molecular flexibility index (Phi) is 8.60. The highest BCUT2D eigenvalue weighted by atomic mass is 35.5. The number of carbonyl (C=O) groups excluding carboxylic acids is 1. The van der Waals surface area contributed by atoms with Crippen LogP contribution >= 0.6 is 23.2 Å². The molecule has 3 rings (SSSR count). The van der Waals surface area contributed by atoms with E-state index in [4.69, 9.17) is 23.2 Å². The van der Waals surface area contributed by atoms with Crippen molar-refractivity contribution in [1.29, 1.82) is 0 Å². The number of hydrogen-bond acceptors (Lipinski definition) is 7. The van der Waals surface area contributed by atoms with E-state index >= 15 is 0 Å². The maximum absolute atomic E-state index is 13.0. The van der Waals surface area contributed by atoms with E-state index in [1.807, 2.05) is 13.8 Å². The first-order valence-electron chi connectivity index (χ1n) is 10.5. The van der Waals surface area contributed by atoms with E-state index in [9.17, 15) is 23.1 Å². The Balaban J connectivity index is 1.80. The van der Waals surface area contributed by atoms with Crippen LogP contribution in [0, 0.1) is 0 Å². The van der Waals surface area contributed by atoms with Gasteiger partial charge in [-0.05, 0) is 51.7 Å². The maximum atomic E-state index is 13.0. The molecule has 13 heteroatoms. The van der Waals surface area contributed by atoms with Gasteiger partial charge >= 0.3 is 5.97 Å². The van der Waals surface area contributed by atoms with Crippen LogP contribution in [0.4, 0.5) is 0 Å². The van der Waals surface area contributed by atoms with Crippen molar-refractivity contribution in [2.24, 2.45) is 0 Å². The van der Waals surface area contributed by atoms with Crippen LogP contribution in [-0.2, 0) is 32.6 Å². The molecule has 0 fully saturated rings. The zero-order chi connectivity index (χ0) is 25.8. The molecule has 0 saturated heterocycles. The third-order valence-corrected chi connectivity index (χ3v) is 7.43. The van der Waals surface area contributed by atoms with Crippen LogP contribution in [0.2, 0.25) is 10.0 Å². The quantitative estimate of drug-likeness (QED) is 0.378. The number of sulfonamides is 1. The largest absolute Gasteiger partial charge is 0.481 e. The first-order valence-corrected chi connectivity index (χ1v) is 12.8. The van der Waals surface area contributed by atoms with Gasteiger partial charge in [-0.15, -0.1) is 5.10 Å². The fraction of sp³-hybridized carbons (Fsp3) is 0.318. The predicted molar refractivity (Wildman–Crippen MR) is 129 cm³/mol. The van der Waals surface area contributed by atoms with Crippen LogP contribution in [0.3, 0.4) is 0 Å². The monoisotopic (exact) mass is 539 g/mol. The summed E-state index contributed by atoms with van der Waals surface area (Å²) in [6.45, 7) is 3.48. The number of hydrogen-bond donors (Lipinski definition) is 2. The van der Waals surface area contributed by atoms with Gasteiger partial charge in [0.25, 0.3) is 0 Å². The summed E-state index contributed by atoms with van der Waals surface area (Å²) < 4.78 is 29.1.